The van der Waals surface area contributed by atoms with E-state index in [2.05, 4.69) is 121 Å². The molecule has 4 heteroatoms. The van der Waals surface area contributed by atoms with Gasteiger partial charge in [-0.1, -0.05) is 30.3 Å². The van der Waals surface area contributed by atoms with Crippen LogP contribution in [0.15, 0.2) is 73.1 Å². The van der Waals surface area contributed by atoms with Crippen LogP contribution in [0.4, 0.5) is 11.4 Å². The van der Waals surface area contributed by atoms with Gasteiger partial charge < -0.3 is 14.4 Å². The summed E-state index contributed by atoms with van der Waals surface area (Å²) in [5.41, 5.74) is 8.30. The maximum absolute atomic E-state index is 4.67. The van der Waals surface area contributed by atoms with Crippen molar-refractivity contribution < 1.29 is 0 Å². The molecule has 4 rings (SSSR count). The molecular formula is C25H28N4. The molecule has 0 aliphatic heterocycles. The Labute approximate surface area is 173 Å². The van der Waals surface area contributed by atoms with Crippen molar-refractivity contribution in [2.75, 3.05) is 38.0 Å². The highest BCUT2D eigenvalue weighted by Crippen LogP contribution is 2.32. The van der Waals surface area contributed by atoms with Crippen molar-refractivity contribution in [3.63, 3.8) is 0 Å². The van der Waals surface area contributed by atoms with Gasteiger partial charge in [-0.3, -0.25) is 0 Å². The van der Waals surface area contributed by atoms with Gasteiger partial charge in [0.15, 0.2) is 0 Å². The number of imidazole rings is 1. The molecule has 29 heavy (non-hydrogen) atoms. The first kappa shape index (κ1) is 19.1. The number of rotatable bonds is 5. The van der Waals surface area contributed by atoms with Crippen molar-refractivity contribution in [2.24, 2.45) is 0 Å². The molecule has 0 bridgehead atoms. The van der Waals surface area contributed by atoms with E-state index >= 15 is 0 Å². The maximum atomic E-state index is 4.67. The number of hydrogen-bond donors (Lipinski definition) is 0. The maximum Gasteiger partial charge on any atom is 0.0966 e. The first-order valence-corrected chi connectivity index (χ1v) is 9.92. The van der Waals surface area contributed by atoms with E-state index in [4.69, 9.17) is 0 Å². The number of nitrogens with zero attached hydrogens (tertiary/aromatic N) is 4. The van der Waals surface area contributed by atoms with Crippen LogP contribution in [0.2, 0.25) is 0 Å². The van der Waals surface area contributed by atoms with E-state index in [1.54, 1.807) is 0 Å². The molecule has 0 spiro atoms. The lowest BCUT2D eigenvalue weighted by molar-refractivity contribution is 0.697. The molecule has 0 aliphatic carbocycles. The summed E-state index contributed by atoms with van der Waals surface area (Å²) in [5, 5.41) is 0. The van der Waals surface area contributed by atoms with Crippen LogP contribution >= 0.6 is 0 Å². The van der Waals surface area contributed by atoms with Crippen molar-refractivity contribution in [3.8, 4) is 0 Å². The number of benzene rings is 3. The summed E-state index contributed by atoms with van der Waals surface area (Å²) < 4.78 is 2.29. The van der Waals surface area contributed by atoms with Crippen LogP contribution in [0, 0.1) is 6.92 Å². The predicted octanol–water partition coefficient (Wildman–Crippen LogP) is 5.11. The molecule has 0 radical (unpaired) electrons. The number of aryl methyl sites for hydroxylation is 1. The highest BCUT2D eigenvalue weighted by Gasteiger charge is 2.19. The molecule has 0 aliphatic rings. The second kappa shape index (κ2) is 7.63. The minimum atomic E-state index is 0.0641. The third-order valence-electron chi connectivity index (χ3n) is 5.46. The Morgan fingerprint density at radius 2 is 1.24 bits per heavy atom. The van der Waals surface area contributed by atoms with E-state index in [0.717, 1.165) is 11.0 Å². The first-order chi connectivity index (χ1) is 13.9. The van der Waals surface area contributed by atoms with E-state index < -0.39 is 0 Å². The van der Waals surface area contributed by atoms with Gasteiger partial charge >= 0.3 is 0 Å². The SMILES string of the molecule is Cc1ccc2ncn(C(c3ccc(N(C)C)cc3)c3ccc(N(C)C)cc3)c2c1. The molecule has 0 saturated carbocycles. The number of fused-ring (bicyclic) bond motifs is 1. The van der Waals surface area contributed by atoms with Crippen molar-refractivity contribution in [2.45, 2.75) is 13.0 Å². The van der Waals surface area contributed by atoms with Crippen LogP contribution in [-0.2, 0) is 0 Å². The molecule has 0 amide bonds. The summed E-state index contributed by atoms with van der Waals surface area (Å²) in [7, 11) is 8.27. The molecule has 0 unspecified atom stereocenters. The molecule has 0 N–H and O–H groups in total. The van der Waals surface area contributed by atoms with Crippen molar-refractivity contribution in [1.29, 1.82) is 0 Å². The van der Waals surface area contributed by atoms with E-state index in [9.17, 15) is 0 Å². The zero-order chi connectivity index (χ0) is 20.5. The van der Waals surface area contributed by atoms with E-state index in [0.29, 0.717) is 0 Å². The van der Waals surface area contributed by atoms with Gasteiger partial charge in [-0.05, 0) is 60.0 Å². The molecule has 3 aromatic carbocycles. The standard InChI is InChI=1S/C25H28N4/c1-18-6-15-23-24(16-18)29(17-26-23)25(19-7-11-21(12-8-19)27(2)3)20-9-13-22(14-10-20)28(4)5/h6-17,25H,1-5H3. The van der Waals surface area contributed by atoms with Crippen LogP contribution in [0.3, 0.4) is 0 Å². The van der Waals surface area contributed by atoms with E-state index in [1.807, 2.05) is 6.33 Å². The summed E-state index contributed by atoms with van der Waals surface area (Å²) in [6.45, 7) is 2.13. The molecular weight excluding hydrogens is 356 g/mol. The Kier molecular flexibility index (Phi) is 5.01. The fourth-order valence-electron chi connectivity index (χ4n) is 3.76. The van der Waals surface area contributed by atoms with Gasteiger partial charge in [0, 0.05) is 39.6 Å². The summed E-state index contributed by atoms with van der Waals surface area (Å²) in [6.07, 6.45) is 1.97. The molecule has 1 aromatic heterocycles. The van der Waals surface area contributed by atoms with Gasteiger partial charge in [0.05, 0.1) is 23.4 Å². The van der Waals surface area contributed by atoms with Gasteiger partial charge in [-0.15, -0.1) is 0 Å². The first-order valence-electron chi connectivity index (χ1n) is 9.92. The molecule has 4 aromatic rings. The monoisotopic (exact) mass is 384 g/mol. The average molecular weight is 385 g/mol. The van der Waals surface area contributed by atoms with Crippen LogP contribution in [0.1, 0.15) is 22.7 Å². The van der Waals surface area contributed by atoms with Gasteiger partial charge in [0.2, 0.25) is 0 Å². The Morgan fingerprint density at radius 1 is 0.724 bits per heavy atom. The predicted molar refractivity (Wildman–Crippen MR) is 123 cm³/mol. The van der Waals surface area contributed by atoms with Crippen LogP contribution in [0.5, 0.6) is 0 Å². The third-order valence-corrected chi connectivity index (χ3v) is 5.46. The van der Waals surface area contributed by atoms with Gasteiger partial charge in [0.1, 0.15) is 0 Å². The zero-order valence-corrected chi connectivity index (χ0v) is 17.8. The van der Waals surface area contributed by atoms with Crippen LogP contribution in [0.25, 0.3) is 11.0 Å². The highest BCUT2D eigenvalue weighted by molar-refractivity contribution is 5.76. The minimum absolute atomic E-state index is 0.0641. The molecule has 1 heterocycles. The average Bonchev–Trinajstić information content (AvgIpc) is 3.12. The Balaban J connectivity index is 1.87. The summed E-state index contributed by atoms with van der Waals surface area (Å²) >= 11 is 0. The Morgan fingerprint density at radius 3 is 1.72 bits per heavy atom. The van der Waals surface area contributed by atoms with E-state index in [1.165, 1.54) is 28.1 Å². The fraction of sp³-hybridized carbons (Fsp3) is 0.240. The molecule has 4 nitrogen and oxygen atoms in total. The second-order valence-electron chi connectivity index (χ2n) is 8.02. The second-order valence-corrected chi connectivity index (χ2v) is 8.02. The molecule has 148 valence electrons. The Bertz CT molecular complexity index is 1050. The van der Waals surface area contributed by atoms with Gasteiger partial charge in [-0.25, -0.2) is 4.98 Å². The molecule has 0 saturated heterocycles. The number of hydrogen-bond acceptors (Lipinski definition) is 3. The summed E-state index contributed by atoms with van der Waals surface area (Å²) in [5.74, 6) is 0. The van der Waals surface area contributed by atoms with Crippen molar-refractivity contribution >= 4 is 22.4 Å². The lowest BCUT2D eigenvalue weighted by atomic mass is 9.97. The quantitative estimate of drug-likeness (QED) is 0.478. The van der Waals surface area contributed by atoms with Gasteiger partial charge in [0.25, 0.3) is 0 Å². The molecule has 0 atom stereocenters. The summed E-state index contributed by atoms with van der Waals surface area (Å²) in [4.78, 5) is 8.92. The third kappa shape index (κ3) is 3.70. The van der Waals surface area contributed by atoms with E-state index in [-0.39, 0.29) is 6.04 Å². The highest BCUT2D eigenvalue weighted by atomic mass is 15.1. The number of anilines is 2. The number of aromatic nitrogens is 2. The lowest BCUT2D eigenvalue weighted by Gasteiger charge is -2.23. The zero-order valence-electron chi connectivity index (χ0n) is 17.8. The molecule has 0 fully saturated rings. The summed E-state index contributed by atoms with van der Waals surface area (Å²) in [6, 6.07) is 24.1. The topological polar surface area (TPSA) is 24.3 Å². The largest absolute Gasteiger partial charge is 0.378 e. The van der Waals surface area contributed by atoms with Crippen LogP contribution in [-0.4, -0.2) is 37.7 Å². The smallest absolute Gasteiger partial charge is 0.0966 e. The Hall–Kier alpha value is -3.27. The lowest BCUT2D eigenvalue weighted by Crippen LogP contribution is -2.13. The normalized spacial score (nSPS) is 11.2. The fourth-order valence-corrected chi connectivity index (χ4v) is 3.76. The van der Waals surface area contributed by atoms with Crippen LogP contribution < -0.4 is 9.80 Å². The van der Waals surface area contributed by atoms with Crippen molar-refractivity contribution in [1.82, 2.24) is 9.55 Å². The van der Waals surface area contributed by atoms with Gasteiger partial charge in [-0.2, -0.15) is 0 Å². The van der Waals surface area contributed by atoms with Crippen molar-refractivity contribution in [3.05, 3.63) is 89.7 Å². The minimum Gasteiger partial charge on any atom is -0.378 e.